The molecule has 2 nitrogen and oxygen atoms in total. The van der Waals surface area contributed by atoms with Gasteiger partial charge in [0.1, 0.15) is 5.75 Å². The number of nitrogens with zero attached hydrogens (tertiary/aromatic N) is 1. The summed E-state index contributed by atoms with van der Waals surface area (Å²) in [6, 6.07) is 35.0. The summed E-state index contributed by atoms with van der Waals surface area (Å²) in [6.45, 7) is 0. The maximum absolute atomic E-state index is 8.58. The van der Waals surface area contributed by atoms with Crippen molar-refractivity contribution in [1.29, 1.82) is 5.26 Å². The van der Waals surface area contributed by atoms with E-state index in [2.05, 4.69) is 72.8 Å². The van der Waals surface area contributed by atoms with Crippen molar-refractivity contribution in [3.8, 4) is 45.4 Å². The lowest BCUT2D eigenvalue weighted by molar-refractivity contribution is 0.507. The smallest absolute Gasteiger partial charge is 0.292 e. The molecule has 0 radical (unpaired) electrons. The van der Waals surface area contributed by atoms with E-state index in [-0.39, 0.29) is 0 Å². The molecule has 0 aliphatic rings. The second kappa shape index (κ2) is 7.59. The van der Waals surface area contributed by atoms with Crippen molar-refractivity contribution in [2.45, 2.75) is 0 Å². The van der Waals surface area contributed by atoms with E-state index in [4.69, 9.17) is 10.00 Å². The highest BCUT2D eigenvalue weighted by Crippen LogP contribution is 2.33. The Bertz CT molecular complexity index is 1080. The topological polar surface area (TPSA) is 33.0 Å². The quantitative estimate of drug-likeness (QED) is 0.392. The van der Waals surface area contributed by atoms with Crippen LogP contribution in [0.25, 0.3) is 33.4 Å². The molecule has 0 N–H and O–H groups in total. The number of hydrogen-bond acceptors (Lipinski definition) is 2. The van der Waals surface area contributed by atoms with E-state index in [9.17, 15) is 0 Å². The van der Waals surface area contributed by atoms with Gasteiger partial charge in [-0.2, -0.15) is 0 Å². The van der Waals surface area contributed by atoms with Crippen LogP contribution < -0.4 is 4.74 Å². The predicted molar refractivity (Wildman–Crippen MR) is 109 cm³/mol. The fourth-order valence-electron chi connectivity index (χ4n) is 3.21. The first kappa shape index (κ1) is 16.6. The third kappa shape index (κ3) is 3.58. The lowest BCUT2D eigenvalue weighted by Crippen LogP contribution is -1.86. The molecule has 4 rings (SSSR count). The van der Waals surface area contributed by atoms with E-state index in [1.807, 2.05) is 18.2 Å². The van der Waals surface area contributed by atoms with Crippen molar-refractivity contribution in [2.24, 2.45) is 0 Å². The average Bonchev–Trinajstić information content (AvgIpc) is 2.75. The lowest BCUT2D eigenvalue weighted by Gasteiger charge is -2.11. The molecule has 4 aromatic rings. The summed E-state index contributed by atoms with van der Waals surface area (Å²) < 4.78 is 4.83. The Balaban J connectivity index is 1.67. The standard InChI is InChI=1S/C25H17NO/c26-18-27-23-16-14-20(15-17-23)19-10-12-22(13-11-19)25-9-5-4-8-24(25)21-6-2-1-3-7-21/h1-17H. The van der Waals surface area contributed by atoms with Gasteiger partial charge in [0.2, 0.25) is 0 Å². The minimum absolute atomic E-state index is 0.551. The van der Waals surface area contributed by atoms with Gasteiger partial charge in [-0.05, 0) is 45.5 Å². The summed E-state index contributed by atoms with van der Waals surface area (Å²) in [5, 5.41) is 8.58. The minimum Gasteiger partial charge on any atom is -0.388 e. The van der Waals surface area contributed by atoms with Crippen LogP contribution in [0.1, 0.15) is 0 Å². The Hall–Kier alpha value is -3.83. The predicted octanol–water partition coefficient (Wildman–Crippen LogP) is 6.55. The first-order valence-corrected chi connectivity index (χ1v) is 8.76. The van der Waals surface area contributed by atoms with Gasteiger partial charge in [-0.3, -0.25) is 0 Å². The van der Waals surface area contributed by atoms with Crippen LogP contribution in [-0.2, 0) is 0 Å². The molecule has 0 saturated carbocycles. The Morgan fingerprint density at radius 2 is 0.926 bits per heavy atom. The van der Waals surface area contributed by atoms with Crippen molar-refractivity contribution in [2.75, 3.05) is 0 Å². The van der Waals surface area contributed by atoms with E-state index in [1.54, 1.807) is 18.4 Å². The number of ether oxygens (including phenoxy) is 1. The molecule has 0 fully saturated rings. The maximum atomic E-state index is 8.58. The molecule has 0 aliphatic carbocycles. The van der Waals surface area contributed by atoms with Crippen molar-refractivity contribution < 1.29 is 4.74 Å². The lowest BCUT2D eigenvalue weighted by atomic mass is 9.93. The van der Waals surface area contributed by atoms with Crippen molar-refractivity contribution >= 4 is 0 Å². The highest BCUT2D eigenvalue weighted by Gasteiger charge is 2.07. The molecule has 0 aliphatic heterocycles. The molecule has 128 valence electrons. The SMILES string of the molecule is N#COc1ccc(-c2ccc(-c3ccccc3-c3ccccc3)cc2)cc1. The summed E-state index contributed by atoms with van der Waals surface area (Å²) in [4.78, 5) is 0. The number of nitriles is 1. The van der Waals surface area contributed by atoms with Gasteiger partial charge in [0, 0.05) is 0 Å². The van der Waals surface area contributed by atoms with Gasteiger partial charge >= 0.3 is 0 Å². The van der Waals surface area contributed by atoms with E-state index in [1.165, 1.54) is 22.3 Å². The monoisotopic (exact) mass is 347 g/mol. The fourth-order valence-corrected chi connectivity index (χ4v) is 3.21. The molecular weight excluding hydrogens is 330 g/mol. The van der Waals surface area contributed by atoms with Gasteiger partial charge in [-0.15, -0.1) is 5.26 Å². The van der Waals surface area contributed by atoms with Crippen LogP contribution in [-0.4, -0.2) is 0 Å². The third-order valence-electron chi connectivity index (χ3n) is 4.56. The molecule has 0 aromatic heterocycles. The summed E-state index contributed by atoms with van der Waals surface area (Å²) in [7, 11) is 0. The summed E-state index contributed by atoms with van der Waals surface area (Å²) in [5.41, 5.74) is 7.05. The molecule has 0 spiro atoms. The first-order valence-electron chi connectivity index (χ1n) is 8.76. The van der Waals surface area contributed by atoms with E-state index in [0.717, 1.165) is 11.1 Å². The molecule has 0 saturated heterocycles. The van der Waals surface area contributed by atoms with Crippen molar-refractivity contribution in [3.05, 3.63) is 103 Å². The van der Waals surface area contributed by atoms with Crippen LogP contribution in [0.3, 0.4) is 0 Å². The maximum Gasteiger partial charge on any atom is 0.292 e. The van der Waals surface area contributed by atoms with Crippen LogP contribution in [0.2, 0.25) is 0 Å². The second-order valence-electron chi connectivity index (χ2n) is 6.21. The molecule has 0 bridgehead atoms. The van der Waals surface area contributed by atoms with Gasteiger partial charge in [-0.1, -0.05) is 91.0 Å². The molecule has 0 amide bonds. The molecule has 0 heterocycles. The van der Waals surface area contributed by atoms with Crippen LogP contribution in [0, 0.1) is 11.5 Å². The number of hydrogen-bond donors (Lipinski definition) is 0. The Kier molecular flexibility index (Phi) is 4.68. The number of benzene rings is 4. The van der Waals surface area contributed by atoms with E-state index in [0.29, 0.717) is 5.75 Å². The summed E-state index contributed by atoms with van der Waals surface area (Å²) in [5.74, 6) is 0.551. The highest BCUT2D eigenvalue weighted by molar-refractivity contribution is 5.84. The average molecular weight is 347 g/mol. The summed E-state index contributed by atoms with van der Waals surface area (Å²) in [6.07, 6.45) is 1.69. The fraction of sp³-hybridized carbons (Fsp3) is 0. The van der Waals surface area contributed by atoms with Crippen molar-refractivity contribution in [1.82, 2.24) is 0 Å². The van der Waals surface area contributed by atoms with Gasteiger partial charge in [-0.25, -0.2) is 0 Å². The van der Waals surface area contributed by atoms with Crippen LogP contribution in [0.15, 0.2) is 103 Å². The summed E-state index contributed by atoms with van der Waals surface area (Å²) >= 11 is 0. The Morgan fingerprint density at radius 3 is 1.48 bits per heavy atom. The largest absolute Gasteiger partial charge is 0.388 e. The van der Waals surface area contributed by atoms with Gasteiger partial charge < -0.3 is 4.74 Å². The van der Waals surface area contributed by atoms with Crippen LogP contribution >= 0.6 is 0 Å². The molecule has 0 unspecified atom stereocenters. The van der Waals surface area contributed by atoms with Crippen molar-refractivity contribution in [3.63, 3.8) is 0 Å². The van der Waals surface area contributed by atoms with Crippen LogP contribution in [0.4, 0.5) is 0 Å². The van der Waals surface area contributed by atoms with Crippen LogP contribution in [0.5, 0.6) is 5.75 Å². The second-order valence-corrected chi connectivity index (χ2v) is 6.21. The number of rotatable bonds is 4. The molecule has 27 heavy (non-hydrogen) atoms. The molecule has 0 atom stereocenters. The normalized spacial score (nSPS) is 10.2. The zero-order chi connectivity index (χ0) is 18.5. The molecular formula is C25H17NO. The Morgan fingerprint density at radius 1 is 0.481 bits per heavy atom. The zero-order valence-electron chi connectivity index (χ0n) is 14.7. The minimum atomic E-state index is 0.551. The highest BCUT2D eigenvalue weighted by atomic mass is 16.5. The molecule has 2 heteroatoms. The third-order valence-corrected chi connectivity index (χ3v) is 4.56. The molecule has 4 aromatic carbocycles. The van der Waals surface area contributed by atoms with Gasteiger partial charge in [0.25, 0.3) is 6.26 Å². The zero-order valence-corrected chi connectivity index (χ0v) is 14.7. The first-order chi connectivity index (χ1) is 13.3. The van der Waals surface area contributed by atoms with E-state index < -0.39 is 0 Å². The Labute approximate surface area is 158 Å². The van der Waals surface area contributed by atoms with E-state index >= 15 is 0 Å². The van der Waals surface area contributed by atoms with Gasteiger partial charge in [0.05, 0.1) is 0 Å². The van der Waals surface area contributed by atoms with Gasteiger partial charge in [0.15, 0.2) is 0 Å².